The van der Waals surface area contributed by atoms with Crippen molar-refractivity contribution in [2.45, 2.75) is 52.7 Å². The highest BCUT2D eigenvalue weighted by atomic mass is 32.2. The second kappa shape index (κ2) is 7.05. The van der Waals surface area contributed by atoms with Gasteiger partial charge in [-0.15, -0.1) is 0 Å². The van der Waals surface area contributed by atoms with Crippen LogP contribution in [0.2, 0.25) is 0 Å². The van der Waals surface area contributed by atoms with Gasteiger partial charge in [0.2, 0.25) is 10.0 Å². The van der Waals surface area contributed by atoms with E-state index in [1.165, 1.54) is 5.57 Å². The zero-order chi connectivity index (χ0) is 15.4. The highest BCUT2D eigenvalue weighted by molar-refractivity contribution is 7.89. The largest absolute Gasteiger partial charge is 0.315 e. The van der Waals surface area contributed by atoms with Crippen LogP contribution in [0.5, 0.6) is 0 Å². The van der Waals surface area contributed by atoms with Crippen molar-refractivity contribution in [3.8, 4) is 0 Å². The summed E-state index contributed by atoms with van der Waals surface area (Å²) in [5.41, 5.74) is 1.50. The fourth-order valence-corrected chi connectivity index (χ4v) is 3.87. The van der Waals surface area contributed by atoms with Crippen LogP contribution in [0.4, 0.5) is 0 Å². The first-order valence-electron chi connectivity index (χ1n) is 7.58. The second-order valence-electron chi connectivity index (χ2n) is 6.65. The van der Waals surface area contributed by atoms with E-state index in [0.717, 1.165) is 19.4 Å². The maximum absolute atomic E-state index is 12.5. The maximum Gasteiger partial charge on any atom is 0.218 e. The summed E-state index contributed by atoms with van der Waals surface area (Å²) in [7, 11) is -3.19. The van der Waals surface area contributed by atoms with Crippen molar-refractivity contribution in [1.29, 1.82) is 0 Å². The van der Waals surface area contributed by atoms with Gasteiger partial charge in [-0.3, -0.25) is 0 Å². The molecule has 4 nitrogen and oxygen atoms in total. The minimum Gasteiger partial charge on any atom is -0.315 e. The zero-order valence-electron chi connectivity index (χ0n) is 13.6. The van der Waals surface area contributed by atoms with Crippen molar-refractivity contribution in [2.24, 2.45) is 5.41 Å². The highest BCUT2D eigenvalue weighted by Crippen LogP contribution is 2.31. The topological polar surface area (TPSA) is 49.4 Å². The van der Waals surface area contributed by atoms with Crippen molar-refractivity contribution in [3.05, 3.63) is 11.6 Å². The molecule has 1 heterocycles. The summed E-state index contributed by atoms with van der Waals surface area (Å²) in [4.78, 5) is 0. The molecule has 0 spiro atoms. The van der Waals surface area contributed by atoms with Gasteiger partial charge in [0.25, 0.3) is 0 Å². The predicted molar refractivity (Wildman–Crippen MR) is 85.3 cm³/mol. The molecule has 20 heavy (non-hydrogen) atoms. The molecule has 0 aromatic heterocycles. The molecule has 5 heteroatoms. The van der Waals surface area contributed by atoms with E-state index in [1.807, 2.05) is 0 Å². The second-order valence-corrected chi connectivity index (χ2v) is 9.00. The molecule has 0 aromatic carbocycles. The normalized spacial score (nSPS) is 19.8. The summed E-state index contributed by atoms with van der Waals surface area (Å²) in [5.74, 6) is 0. The Balaban J connectivity index is 2.65. The highest BCUT2D eigenvalue weighted by Gasteiger charge is 2.31. The average molecular weight is 302 g/mol. The molecule has 0 saturated carbocycles. The standard InChI is InChI=1S/C15H30N2O2S/c1-6-9-16-12-13(2)20(18,19)17-10-7-14(8-11-17)15(3,4)5/h7,13,16H,6,8-12H2,1-5H3. The molecule has 118 valence electrons. The van der Waals surface area contributed by atoms with Crippen molar-refractivity contribution in [1.82, 2.24) is 9.62 Å². The van der Waals surface area contributed by atoms with Gasteiger partial charge in [-0.2, -0.15) is 4.31 Å². The van der Waals surface area contributed by atoms with E-state index in [0.29, 0.717) is 19.6 Å². The molecule has 1 atom stereocenters. The molecule has 1 rings (SSSR count). The van der Waals surface area contributed by atoms with Gasteiger partial charge < -0.3 is 5.32 Å². The fraction of sp³-hybridized carbons (Fsp3) is 0.867. The first-order chi connectivity index (χ1) is 9.19. The Kier molecular flexibility index (Phi) is 6.23. The van der Waals surface area contributed by atoms with Crippen LogP contribution in [0, 0.1) is 5.41 Å². The van der Waals surface area contributed by atoms with Crippen molar-refractivity contribution >= 4 is 10.0 Å². The lowest BCUT2D eigenvalue weighted by Crippen LogP contribution is -2.44. The molecule has 1 unspecified atom stereocenters. The number of sulfonamides is 1. The van der Waals surface area contributed by atoms with Gasteiger partial charge in [0.1, 0.15) is 0 Å². The average Bonchev–Trinajstić information content (AvgIpc) is 2.38. The van der Waals surface area contributed by atoms with Crippen LogP contribution in [0.3, 0.4) is 0 Å². The van der Waals surface area contributed by atoms with Crippen molar-refractivity contribution < 1.29 is 8.42 Å². The van der Waals surface area contributed by atoms with Gasteiger partial charge in [0, 0.05) is 19.6 Å². The summed E-state index contributed by atoms with van der Waals surface area (Å²) in [6.45, 7) is 12.9. The first-order valence-corrected chi connectivity index (χ1v) is 9.09. The zero-order valence-corrected chi connectivity index (χ0v) is 14.4. The third-order valence-electron chi connectivity index (χ3n) is 3.86. The van der Waals surface area contributed by atoms with Crippen LogP contribution >= 0.6 is 0 Å². The summed E-state index contributed by atoms with van der Waals surface area (Å²) in [6.07, 6.45) is 3.96. The molecule has 0 saturated heterocycles. The smallest absolute Gasteiger partial charge is 0.218 e. The minimum absolute atomic E-state index is 0.143. The van der Waals surface area contributed by atoms with Gasteiger partial charge in [0.15, 0.2) is 0 Å². The van der Waals surface area contributed by atoms with Crippen LogP contribution in [-0.4, -0.2) is 44.2 Å². The predicted octanol–water partition coefficient (Wildman–Crippen LogP) is 2.38. The quantitative estimate of drug-likeness (QED) is 0.605. The Bertz CT molecular complexity index is 435. The summed E-state index contributed by atoms with van der Waals surface area (Å²) >= 11 is 0. The van der Waals surface area contributed by atoms with Crippen LogP contribution < -0.4 is 5.32 Å². The maximum atomic E-state index is 12.5. The first kappa shape index (κ1) is 17.7. The van der Waals surface area contributed by atoms with E-state index in [2.05, 4.69) is 39.1 Å². The molecule has 0 radical (unpaired) electrons. The molecule has 1 aliphatic rings. The lowest BCUT2D eigenvalue weighted by atomic mass is 9.83. The summed E-state index contributed by atoms with van der Waals surface area (Å²) in [6, 6.07) is 0. The Morgan fingerprint density at radius 2 is 2.05 bits per heavy atom. The summed E-state index contributed by atoms with van der Waals surface area (Å²) < 4.78 is 26.6. The molecule has 0 bridgehead atoms. The van der Waals surface area contributed by atoms with Gasteiger partial charge >= 0.3 is 0 Å². The lowest BCUT2D eigenvalue weighted by Gasteiger charge is -2.33. The van der Waals surface area contributed by atoms with Crippen LogP contribution in [0.25, 0.3) is 0 Å². The van der Waals surface area contributed by atoms with E-state index in [-0.39, 0.29) is 10.7 Å². The minimum atomic E-state index is -3.19. The van der Waals surface area contributed by atoms with Gasteiger partial charge in [-0.25, -0.2) is 8.42 Å². The Morgan fingerprint density at radius 3 is 2.50 bits per heavy atom. The Hall–Kier alpha value is -0.390. The molecule has 0 aliphatic carbocycles. The molecule has 0 fully saturated rings. The van der Waals surface area contributed by atoms with E-state index >= 15 is 0 Å². The monoisotopic (exact) mass is 302 g/mol. The van der Waals surface area contributed by atoms with E-state index in [9.17, 15) is 8.42 Å². The van der Waals surface area contributed by atoms with Crippen LogP contribution in [-0.2, 0) is 10.0 Å². The Morgan fingerprint density at radius 1 is 1.40 bits per heavy atom. The van der Waals surface area contributed by atoms with E-state index < -0.39 is 10.0 Å². The molecular weight excluding hydrogens is 272 g/mol. The molecular formula is C15H30N2O2S. The molecule has 0 amide bonds. The number of hydrogen-bond donors (Lipinski definition) is 1. The number of nitrogens with one attached hydrogen (secondary N) is 1. The summed E-state index contributed by atoms with van der Waals surface area (Å²) in [5, 5.41) is 2.83. The van der Waals surface area contributed by atoms with Crippen LogP contribution in [0.15, 0.2) is 11.6 Å². The number of rotatable bonds is 6. The lowest BCUT2D eigenvalue weighted by molar-refractivity contribution is 0.385. The molecule has 0 aromatic rings. The number of hydrogen-bond acceptors (Lipinski definition) is 3. The third-order valence-corrected chi connectivity index (χ3v) is 6.10. The van der Waals surface area contributed by atoms with Crippen molar-refractivity contribution in [3.63, 3.8) is 0 Å². The van der Waals surface area contributed by atoms with Gasteiger partial charge in [-0.1, -0.05) is 39.3 Å². The van der Waals surface area contributed by atoms with E-state index in [1.54, 1.807) is 11.2 Å². The Labute approximate surface area is 124 Å². The third kappa shape index (κ3) is 4.57. The fourth-order valence-electron chi connectivity index (χ4n) is 2.40. The number of nitrogens with zero attached hydrogens (tertiary/aromatic N) is 1. The van der Waals surface area contributed by atoms with E-state index in [4.69, 9.17) is 0 Å². The molecule has 1 aliphatic heterocycles. The van der Waals surface area contributed by atoms with Gasteiger partial charge in [-0.05, 0) is 31.7 Å². The van der Waals surface area contributed by atoms with Crippen molar-refractivity contribution in [2.75, 3.05) is 26.2 Å². The van der Waals surface area contributed by atoms with Crippen LogP contribution in [0.1, 0.15) is 47.5 Å². The molecule has 1 N–H and O–H groups in total. The van der Waals surface area contributed by atoms with Gasteiger partial charge in [0.05, 0.1) is 5.25 Å². The SMILES string of the molecule is CCCNCC(C)S(=O)(=O)N1CC=C(C(C)(C)C)CC1.